The van der Waals surface area contributed by atoms with Crippen molar-refractivity contribution >= 4 is 21.6 Å². The van der Waals surface area contributed by atoms with E-state index in [0.717, 1.165) is 15.2 Å². The van der Waals surface area contributed by atoms with Gasteiger partial charge < -0.3 is 10.8 Å². The number of aliphatic hydroxyl groups is 1. The second-order valence-electron chi connectivity index (χ2n) is 4.03. The molecule has 0 saturated carbocycles. The molecule has 1 atom stereocenters. The molecule has 0 aliphatic heterocycles. The molecule has 0 fully saturated rings. The lowest BCUT2D eigenvalue weighted by atomic mass is 9.97. The van der Waals surface area contributed by atoms with E-state index >= 15 is 0 Å². The molecule has 16 heavy (non-hydrogen) atoms. The predicted octanol–water partition coefficient (Wildman–Crippen LogP) is 1.94. The molecule has 2 rings (SSSR count). The third kappa shape index (κ3) is 2.24. The summed E-state index contributed by atoms with van der Waals surface area (Å²) in [5.41, 5.74) is 5.77. The standard InChI is InChI=1S/C12H16N2OS/c1-2-12(15,8-13)7-11-14-9-5-3-4-6-10(9)16-11/h3-6,15H,2,7-8,13H2,1H3. The molecule has 4 heteroatoms. The number of hydrogen-bond acceptors (Lipinski definition) is 4. The van der Waals surface area contributed by atoms with Crippen LogP contribution in [-0.2, 0) is 6.42 Å². The Bertz CT molecular complexity index is 444. The van der Waals surface area contributed by atoms with Crippen LogP contribution in [0, 0.1) is 0 Å². The molecule has 1 heterocycles. The maximum Gasteiger partial charge on any atom is 0.0967 e. The van der Waals surface area contributed by atoms with Crippen molar-refractivity contribution in [2.75, 3.05) is 6.54 Å². The lowest BCUT2D eigenvalue weighted by molar-refractivity contribution is 0.0456. The maximum absolute atomic E-state index is 10.1. The lowest BCUT2D eigenvalue weighted by Gasteiger charge is -2.23. The quantitative estimate of drug-likeness (QED) is 0.853. The van der Waals surface area contributed by atoms with Crippen LogP contribution in [-0.4, -0.2) is 22.2 Å². The number of nitrogens with two attached hydrogens (primary N) is 1. The Balaban J connectivity index is 2.27. The fraction of sp³-hybridized carbons (Fsp3) is 0.417. The second kappa shape index (κ2) is 4.49. The highest BCUT2D eigenvalue weighted by atomic mass is 32.1. The molecule has 0 bridgehead atoms. The van der Waals surface area contributed by atoms with Crippen molar-refractivity contribution < 1.29 is 5.11 Å². The summed E-state index contributed by atoms with van der Waals surface area (Å²) in [5.74, 6) is 0. The maximum atomic E-state index is 10.1. The fourth-order valence-electron chi connectivity index (χ4n) is 1.62. The van der Waals surface area contributed by atoms with E-state index in [4.69, 9.17) is 5.73 Å². The number of nitrogens with zero attached hydrogens (tertiary/aromatic N) is 1. The van der Waals surface area contributed by atoms with Crippen molar-refractivity contribution in [3.8, 4) is 0 Å². The third-order valence-electron chi connectivity index (χ3n) is 2.86. The van der Waals surface area contributed by atoms with Gasteiger partial charge in [-0.1, -0.05) is 19.1 Å². The van der Waals surface area contributed by atoms with Gasteiger partial charge in [-0.15, -0.1) is 11.3 Å². The highest BCUT2D eigenvalue weighted by molar-refractivity contribution is 7.18. The first-order chi connectivity index (χ1) is 7.67. The van der Waals surface area contributed by atoms with E-state index in [9.17, 15) is 5.11 Å². The van der Waals surface area contributed by atoms with E-state index in [0.29, 0.717) is 12.8 Å². The highest BCUT2D eigenvalue weighted by Gasteiger charge is 2.24. The predicted molar refractivity (Wildman–Crippen MR) is 67.6 cm³/mol. The Labute approximate surface area is 98.9 Å². The molecule has 0 aliphatic rings. The van der Waals surface area contributed by atoms with Gasteiger partial charge in [0.2, 0.25) is 0 Å². The first kappa shape index (κ1) is 11.5. The van der Waals surface area contributed by atoms with Crippen LogP contribution in [0.1, 0.15) is 18.4 Å². The van der Waals surface area contributed by atoms with Crippen molar-refractivity contribution in [1.82, 2.24) is 4.98 Å². The summed E-state index contributed by atoms with van der Waals surface area (Å²) >= 11 is 1.63. The highest BCUT2D eigenvalue weighted by Crippen LogP contribution is 2.25. The summed E-state index contributed by atoms with van der Waals surface area (Å²) in [4.78, 5) is 4.50. The van der Waals surface area contributed by atoms with Crippen molar-refractivity contribution in [1.29, 1.82) is 0 Å². The number of hydrogen-bond donors (Lipinski definition) is 2. The van der Waals surface area contributed by atoms with Crippen molar-refractivity contribution in [3.05, 3.63) is 29.3 Å². The largest absolute Gasteiger partial charge is 0.388 e. The number of fused-ring (bicyclic) bond motifs is 1. The zero-order valence-electron chi connectivity index (χ0n) is 9.31. The zero-order chi connectivity index (χ0) is 11.6. The van der Waals surface area contributed by atoms with Crippen LogP contribution >= 0.6 is 11.3 Å². The number of thiazole rings is 1. The Hall–Kier alpha value is -0.970. The van der Waals surface area contributed by atoms with Gasteiger partial charge in [0, 0.05) is 13.0 Å². The van der Waals surface area contributed by atoms with Gasteiger partial charge in [0.25, 0.3) is 0 Å². The normalized spacial score (nSPS) is 15.2. The lowest BCUT2D eigenvalue weighted by Crippen LogP contribution is -2.39. The van der Waals surface area contributed by atoms with E-state index in [-0.39, 0.29) is 6.54 Å². The average Bonchev–Trinajstić information content (AvgIpc) is 2.70. The molecule has 0 amide bonds. The van der Waals surface area contributed by atoms with E-state index in [1.165, 1.54) is 0 Å². The van der Waals surface area contributed by atoms with E-state index in [1.54, 1.807) is 11.3 Å². The second-order valence-corrected chi connectivity index (χ2v) is 5.15. The SMILES string of the molecule is CCC(O)(CN)Cc1nc2ccccc2s1. The molecular formula is C12H16N2OS. The van der Waals surface area contributed by atoms with Gasteiger partial charge in [-0.2, -0.15) is 0 Å². The summed E-state index contributed by atoms with van der Waals surface area (Å²) in [5, 5.41) is 11.1. The Morgan fingerprint density at radius 3 is 2.81 bits per heavy atom. The van der Waals surface area contributed by atoms with Gasteiger partial charge in [-0.05, 0) is 18.6 Å². The summed E-state index contributed by atoms with van der Waals surface area (Å²) in [7, 11) is 0. The van der Waals surface area contributed by atoms with Crippen LogP contribution in [0.3, 0.4) is 0 Å². The van der Waals surface area contributed by atoms with Crippen LogP contribution in [0.5, 0.6) is 0 Å². The van der Waals surface area contributed by atoms with Crippen LogP contribution in [0.4, 0.5) is 0 Å². The number of aromatic nitrogens is 1. The van der Waals surface area contributed by atoms with Crippen LogP contribution in [0.15, 0.2) is 24.3 Å². The summed E-state index contributed by atoms with van der Waals surface area (Å²) < 4.78 is 1.16. The zero-order valence-corrected chi connectivity index (χ0v) is 10.1. The summed E-state index contributed by atoms with van der Waals surface area (Å²) in [6, 6.07) is 8.01. The molecule has 3 N–H and O–H groups in total. The van der Waals surface area contributed by atoms with Gasteiger partial charge in [0.1, 0.15) is 0 Å². The molecule has 1 aromatic heterocycles. The van der Waals surface area contributed by atoms with E-state index in [2.05, 4.69) is 4.98 Å². The van der Waals surface area contributed by atoms with Gasteiger partial charge in [0.15, 0.2) is 0 Å². The summed E-state index contributed by atoms with van der Waals surface area (Å²) in [6.07, 6.45) is 1.19. The van der Waals surface area contributed by atoms with Gasteiger partial charge in [-0.3, -0.25) is 0 Å². The number of para-hydroxylation sites is 1. The number of benzene rings is 1. The molecule has 0 saturated heterocycles. The molecule has 1 aromatic carbocycles. The van der Waals surface area contributed by atoms with E-state index < -0.39 is 5.60 Å². The smallest absolute Gasteiger partial charge is 0.0967 e. The van der Waals surface area contributed by atoms with Gasteiger partial charge in [-0.25, -0.2) is 4.98 Å². The van der Waals surface area contributed by atoms with Crippen LogP contribution in [0.25, 0.3) is 10.2 Å². The molecule has 3 nitrogen and oxygen atoms in total. The molecule has 0 aliphatic carbocycles. The van der Waals surface area contributed by atoms with Crippen LogP contribution in [0.2, 0.25) is 0 Å². The first-order valence-corrected chi connectivity index (χ1v) is 6.25. The molecular weight excluding hydrogens is 220 g/mol. The number of rotatable bonds is 4. The molecule has 2 aromatic rings. The van der Waals surface area contributed by atoms with Crippen molar-refractivity contribution in [3.63, 3.8) is 0 Å². The van der Waals surface area contributed by atoms with Crippen LogP contribution < -0.4 is 5.73 Å². The molecule has 86 valence electrons. The minimum Gasteiger partial charge on any atom is -0.388 e. The van der Waals surface area contributed by atoms with E-state index in [1.807, 2.05) is 31.2 Å². The monoisotopic (exact) mass is 236 g/mol. The average molecular weight is 236 g/mol. The van der Waals surface area contributed by atoms with Crippen molar-refractivity contribution in [2.24, 2.45) is 5.73 Å². The summed E-state index contributed by atoms with van der Waals surface area (Å²) in [6.45, 7) is 2.22. The molecule has 0 spiro atoms. The van der Waals surface area contributed by atoms with Crippen molar-refractivity contribution in [2.45, 2.75) is 25.4 Å². The minimum atomic E-state index is -0.812. The first-order valence-electron chi connectivity index (χ1n) is 5.44. The Morgan fingerprint density at radius 2 is 2.19 bits per heavy atom. The molecule has 1 unspecified atom stereocenters. The fourth-order valence-corrected chi connectivity index (χ4v) is 2.72. The Morgan fingerprint density at radius 1 is 1.44 bits per heavy atom. The minimum absolute atomic E-state index is 0.277. The topological polar surface area (TPSA) is 59.1 Å². The molecule has 0 radical (unpaired) electrons. The Kier molecular flexibility index (Phi) is 3.23. The third-order valence-corrected chi connectivity index (χ3v) is 3.89. The van der Waals surface area contributed by atoms with Gasteiger partial charge in [0.05, 0.1) is 20.8 Å². The van der Waals surface area contributed by atoms with Gasteiger partial charge >= 0.3 is 0 Å².